The SMILES string of the molecule is CN(C)c1cc(=O)n(Cc2cccc3c2CCOC3)cc1-c1ccccc1. The third-order valence-corrected chi connectivity index (χ3v) is 5.14. The molecule has 3 aromatic rings. The zero-order valence-electron chi connectivity index (χ0n) is 15.8. The van der Waals surface area contributed by atoms with E-state index >= 15 is 0 Å². The van der Waals surface area contributed by atoms with Gasteiger partial charge in [-0.25, -0.2) is 0 Å². The number of pyridine rings is 1. The van der Waals surface area contributed by atoms with E-state index in [4.69, 9.17) is 4.74 Å². The van der Waals surface area contributed by atoms with Crippen LogP contribution in [0.3, 0.4) is 0 Å². The van der Waals surface area contributed by atoms with Gasteiger partial charge in [0.2, 0.25) is 0 Å². The summed E-state index contributed by atoms with van der Waals surface area (Å²) in [6.07, 6.45) is 2.90. The normalized spacial score (nSPS) is 13.3. The fraction of sp³-hybridized carbons (Fsp3) is 0.261. The molecule has 0 N–H and O–H groups in total. The van der Waals surface area contributed by atoms with Crippen LogP contribution in [-0.2, 0) is 24.3 Å². The lowest BCUT2D eigenvalue weighted by Crippen LogP contribution is -2.24. The molecular formula is C23H24N2O2. The summed E-state index contributed by atoms with van der Waals surface area (Å²) in [5, 5.41) is 0. The first-order valence-corrected chi connectivity index (χ1v) is 9.28. The van der Waals surface area contributed by atoms with Crippen molar-refractivity contribution in [1.82, 2.24) is 4.57 Å². The number of hydrogen-bond donors (Lipinski definition) is 0. The van der Waals surface area contributed by atoms with Crippen LogP contribution in [0.25, 0.3) is 11.1 Å². The minimum absolute atomic E-state index is 0.0167. The molecular weight excluding hydrogens is 336 g/mol. The van der Waals surface area contributed by atoms with E-state index < -0.39 is 0 Å². The van der Waals surface area contributed by atoms with Gasteiger partial charge in [-0.05, 0) is 28.7 Å². The molecule has 0 amide bonds. The van der Waals surface area contributed by atoms with E-state index in [2.05, 4.69) is 30.3 Å². The van der Waals surface area contributed by atoms with Gasteiger partial charge in [0.1, 0.15) is 0 Å². The van der Waals surface area contributed by atoms with Gasteiger partial charge >= 0.3 is 0 Å². The van der Waals surface area contributed by atoms with Crippen LogP contribution >= 0.6 is 0 Å². The third kappa shape index (κ3) is 3.53. The van der Waals surface area contributed by atoms with Crippen LogP contribution in [0.1, 0.15) is 16.7 Å². The molecule has 138 valence electrons. The van der Waals surface area contributed by atoms with E-state index in [9.17, 15) is 4.79 Å². The monoisotopic (exact) mass is 360 g/mol. The fourth-order valence-corrected chi connectivity index (χ4v) is 3.73. The van der Waals surface area contributed by atoms with E-state index in [1.807, 2.05) is 48.0 Å². The van der Waals surface area contributed by atoms with Crippen LogP contribution in [-0.4, -0.2) is 25.3 Å². The van der Waals surface area contributed by atoms with Crippen LogP contribution in [0.15, 0.2) is 65.6 Å². The lowest BCUT2D eigenvalue weighted by molar-refractivity contribution is 0.110. The van der Waals surface area contributed by atoms with Crippen molar-refractivity contribution in [1.29, 1.82) is 0 Å². The highest BCUT2D eigenvalue weighted by Gasteiger charge is 2.15. The van der Waals surface area contributed by atoms with Gasteiger partial charge in [-0.1, -0.05) is 48.5 Å². The number of fused-ring (bicyclic) bond motifs is 1. The number of aromatic nitrogens is 1. The summed E-state index contributed by atoms with van der Waals surface area (Å²) in [6, 6.07) is 18.3. The summed E-state index contributed by atoms with van der Waals surface area (Å²) in [6.45, 7) is 1.98. The van der Waals surface area contributed by atoms with Crippen molar-refractivity contribution >= 4 is 5.69 Å². The smallest absolute Gasteiger partial charge is 0.252 e. The van der Waals surface area contributed by atoms with Crippen molar-refractivity contribution in [3.63, 3.8) is 0 Å². The highest BCUT2D eigenvalue weighted by molar-refractivity contribution is 5.77. The van der Waals surface area contributed by atoms with Crippen molar-refractivity contribution in [2.24, 2.45) is 0 Å². The van der Waals surface area contributed by atoms with Gasteiger partial charge in [0.25, 0.3) is 5.56 Å². The first-order chi connectivity index (χ1) is 13.1. The maximum absolute atomic E-state index is 12.8. The van der Waals surface area contributed by atoms with E-state index in [-0.39, 0.29) is 5.56 Å². The molecule has 0 saturated heterocycles. The Kier molecular flexibility index (Phi) is 4.82. The zero-order chi connectivity index (χ0) is 18.8. The first kappa shape index (κ1) is 17.6. The predicted octanol–water partition coefficient (Wildman–Crippen LogP) is 3.70. The number of hydrogen-bond acceptors (Lipinski definition) is 3. The molecule has 4 nitrogen and oxygen atoms in total. The van der Waals surface area contributed by atoms with Gasteiger partial charge in [0, 0.05) is 31.9 Å². The number of anilines is 1. The molecule has 0 atom stereocenters. The average Bonchev–Trinajstić information content (AvgIpc) is 2.70. The van der Waals surface area contributed by atoms with Gasteiger partial charge in [-0.15, -0.1) is 0 Å². The molecule has 0 bridgehead atoms. The largest absolute Gasteiger partial charge is 0.377 e. The Morgan fingerprint density at radius 1 is 1.07 bits per heavy atom. The minimum Gasteiger partial charge on any atom is -0.377 e. The molecule has 1 aromatic heterocycles. The Bertz CT molecular complexity index is 1010. The van der Waals surface area contributed by atoms with Crippen molar-refractivity contribution in [3.8, 4) is 11.1 Å². The molecule has 0 fully saturated rings. The van der Waals surface area contributed by atoms with E-state index in [0.29, 0.717) is 13.2 Å². The van der Waals surface area contributed by atoms with Gasteiger partial charge in [-0.2, -0.15) is 0 Å². The summed E-state index contributed by atoms with van der Waals surface area (Å²) in [7, 11) is 3.94. The predicted molar refractivity (Wildman–Crippen MR) is 109 cm³/mol. The average molecular weight is 360 g/mol. The van der Waals surface area contributed by atoms with Gasteiger partial charge in [0.05, 0.1) is 25.4 Å². The molecule has 0 spiro atoms. The molecule has 1 aliphatic heterocycles. The second kappa shape index (κ2) is 7.41. The molecule has 0 saturated carbocycles. The summed E-state index contributed by atoms with van der Waals surface area (Å²) >= 11 is 0. The number of ether oxygens (including phenoxy) is 1. The molecule has 0 radical (unpaired) electrons. The quantitative estimate of drug-likeness (QED) is 0.711. The molecule has 1 aliphatic rings. The maximum atomic E-state index is 12.8. The standard InChI is InChI=1S/C23H24N2O2/c1-24(2)22-13-23(26)25(15-21(22)17-7-4-3-5-8-17)14-18-9-6-10-19-16-27-12-11-20(18)19/h3-10,13,15H,11-12,14,16H2,1-2H3. The first-order valence-electron chi connectivity index (χ1n) is 9.28. The van der Waals surface area contributed by atoms with Gasteiger partial charge in [0.15, 0.2) is 0 Å². The lowest BCUT2D eigenvalue weighted by atomic mass is 9.97. The minimum atomic E-state index is 0.0167. The highest BCUT2D eigenvalue weighted by Crippen LogP contribution is 2.29. The van der Waals surface area contributed by atoms with Crippen LogP contribution in [0.4, 0.5) is 5.69 Å². The Morgan fingerprint density at radius 2 is 1.89 bits per heavy atom. The lowest BCUT2D eigenvalue weighted by Gasteiger charge is -2.22. The molecule has 4 heteroatoms. The second-order valence-corrected chi connectivity index (χ2v) is 7.16. The summed E-state index contributed by atoms with van der Waals surface area (Å²) in [5.41, 5.74) is 6.89. The Balaban J connectivity index is 1.79. The van der Waals surface area contributed by atoms with Crippen molar-refractivity contribution in [2.45, 2.75) is 19.6 Å². The molecule has 4 rings (SSSR count). The van der Waals surface area contributed by atoms with Crippen molar-refractivity contribution in [3.05, 3.63) is 87.8 Å². The maximum Gasteiger partial charge on any atom is 0.252 e. The Hall–Kier alpha value is -2.85. The number of nitrogens with zero attached hydrogens (tertiary/aromatic N) is 2. The molecule has 0 unspecified atom stereocenters. The van der Waals surface area contributed by atoms with Crippen molar-refractivity contribution < 1.29 is 4.74 Å². The van der Waals surface area contributed by atoms with Gasteiger partial charge in [-0.3, -0.25) is 4.79 Å². The summed E-state index contributed by atoms with van der Waals surface area (Å²) < 4.78 is 7.39. The molecule has 0 aliphatic carbocycles. The topological polar surface area (TPSA) is 34.5 Å². The second-order valence-electron chi connectivity index (χ2n) is 7.16. The molecule has 2 aromatic carbocycles. The molecule has 27 heavy (non-hydrogen) atoms. The fourth-order valence-electron chi connectivity index (χ4n) is 3.73. The molecule has 2 heterocycles. The van der Waals surface area contributed by atoms with Crippen molar-refractivity contribution in [2.75, 3.05) is 25.6 Å². The van der Waals surface area contributed by atoms with E-state index in [1.165, 1.54) is 16.7 Å². The third-order valence-electron chi connectivity index (χ3n) is 5.14. The summed E-state index contributed by atoms with van der Waals surface area (Å²) in [4.78, 5) is 14.8. The van der Waals surface area contributed by atoms with E-state index in [0.717, 1.165) is 29.8 Å². The Labute approximate surface area is 159 Å². The van der Waals surface area contributed by atoms with Crippen LogP contribution in [0, 0.1) is 0 Å². The van der Waals surface area contributed by atoms with Gasteiger partial charge < -0.3 is 14.2 Å². The van der Waals surface area contributed by atoms with Crippen LogP contribution < -0.4 is 10.5 Å². The highest BCUT2D eigenvalue weighted by atomic mass is 16.5. The van der Waals surface area contributed by atoms with Crippen LogP contribution in [0.2, 0.25) is 0 Å². The van der Waals surface area contributed by atoms with Crippen LogP contribution in [0.5, 0.6) is 0 Å². The number of benzene rings is 2. The summed E-state index contributed by atoms with van der Waals surface area (Å²) in [5.74, 6) is 0. The Morgan fingerprint density at radius 3 is 2.67 bits per heavy atom. The number of rotatable bonds is 4. The zero-order valence-corrected chi connectivity index (χ0v) is 15.8. The van der Waals surface area contributed by atoms with E-state index in [1.54, 1.807) is 6.07 Å².